The molecule has 6 amide bonds. The molecule has 0 bridgehead atoms. The van der Waals surface area contributed by atoms with E-state index in [4.69, 9.17) is 113 Å². The third kappa shape index (κ3) is 32.5. The molecular formula is C92H91Cl6F3N24O7S3. The van der Waals surface area contributed by atoms with E-state index in [1.165, 1.54) is 58.0 Å². The maximum Gasteiger partial charge on any atom is 0.415 e. The Bertz CT molecular complexity index is 6170. The Kier molecular flexibility index (Phi) is 43.6. The van der Waals surface area contributed by atoms with Crippen LogP contribution in [0.3, 0.4) is 0 Å². The average Bonchev–Trinajstić information content (AvgIpc) is 1.70. The van der Waals surface area contributed by atoms with Crippen molar-refractivity contribution in [1.82, 2.24) is 88.6 Å². The number of carbonyl (C=O) groups is 6. The molecule has 0 N–H and O–H groups in total. The van der Waals surface area contributed by atoms with E-state index in [9.17, 15) is 41.9 Å². The average molecular weight is 2010 g/mol. The number of ether oxygens (including phenoxy) is 1. The predicted octanol–water partition coefficient (Wildman–Crippen LogP) is 17.2. The van der Waals surface area contributed by atoms with Crippen molar-refractivity contribution in [2.75, 3.05) is 98.9 Å². The maximum absolute atomic E-state index is 12.6. The molecule has 0 aliphatic carbocycles. The van der Waals surface area contributed by atoms with Gasteiger partial charge >= 0.3 is 12.3 Å². The number of hydrogen-bond donors (Lipinski definition) is 0. The van der Waals surface area contributed by atoms with E-state index in [-0.39, 0.29) is 117 Å². The van der Waals surface area contributed by atoms with Crippen LogP contribution < -0.4 is 29.4 Å². The van der Waals surface area contributed by atoms with Gasteiger partial charge in [-0.05, 0) is 119 Å². The Morgan fingerprint density at radius 1 is 0.393 bits per heavy atom. The van der Waals surface area contributed by atoms with Crippen molar-refractivity contribution in [1.29, 1.82) is 0 Å². The molecule has 0 aliphatic rings. The highest BCUT2D eigenvalue weighted by atomic mass is 35.5. The second kappa shape index (κ2) is 54.2. The molecule has 0 saturated heterocycles. The highest BCUT2D eigenvalue weighted by Crippen LogP contribution is 2.35. The normalized spacial score (nSPS) is 11.0. The van der Waals surface area contributed by atoms with Gasteiger partial charge in [0.15, 0.2) is 30.9 Å². The Morgan fingerprint density at radius 3 is 0.896 bits per heavy atom. The van der Waals surface area contributed by atoms with Gasteiger partial charge in [0.05, 0.1) is 159 Å². The van der Waals surface area contributed by atoms with E-state index in [2.05, 4.69) is 96.0 Å². The Morgan fingerprint density at radius 2 is 0.652 bits per heavy atom. The number of alkyl halides is 3. The molecule has 12 aromatic rings. The summed E-state index contributed by atoms with van der Waals surface area (Å²) in [5, 5.41) is 25.9. The number of carbonyl (C=O) groups excluding carboxylic acids is 6. The zero-order valence-corrected chi connectivity index (χ0v) is 81.5. The summed E-state index contributed by atoms with van der Waals surface area (Å²) in [5.74, 6) is 14.6. The lowest BCUT2D eigenvalue weighted by Crippen LogP contribution is -2.37. The topological polar surface area (TPSA) is 315 Å². The molecule has 2 unspecified atom stereocenters. The van der Waals surface area contributed by atoms with Crippen LogP contribution in [0.5, 0.6) is 0 Å². The molecule has 0 aromatic carbocycles. The maximum atomic E-state index is 12.6. The fourth-order valence-electron chi connectivity index (χ4n) is 11.4. The number of nitrogens with zero attached hydrogens (tertiary/aromatic N) is 24. The van der Waals surface area contributed by atoms with Crippen LogP contribution in [0.1, 0.15) is 67.7 Å². The number of rotatable bonds is 29. The van der Waals surface area contributed by atoms with E-state index < -0.39 is 36.6 Å². The molecule has 0 spiro atoms. The molecule has 12 aromatic heterocycles. The minimum absolute atomic E-state index is 0.0212. The van der Waals surface area contributed by atoms with Gasteiger partial charge in [0.1, 0.15) is 39.7 Å². The van der Waals surface area contributed by atoms with Gasteiger partial charge in [-0.1, -0.05) is 126 Å². The van der Waals surface area contributed by atoms with E-state index in [0.717, 1.165) is 33.4 Å². The van der Waals surface area contributed by atoms with Gasteiger partial charge < -0.3 is 4.74 Å². The van der Waals surface area contributed by atoms with Gasteiger partial charge in [-0.3, -0.25) is 83.3 Å². The number of amides is 6. The van der Waals surface area contributed by atoms with E-state index >= 15 is 0 Å². The van der Waals surface area contributed by atoms with Crippen molar-refractivity contribution < 1.29 is 46.7 Å². The van der Waals surface area contributed by atoms with Gasteiger partial charge in [0.25, 0.3) is 0 Å². The number of thioether (sulfide) groups is 3. The molecule has 12 rings (SSSR count). The first-order chi connectivity index (χ1) is 64.5. The molecule has 702 valence electrons. The smallest absolute Gasteiger partial charge is 0.415 e. The van der Waals surface area contributed by atoms with E-state index in [1.807, 2.05) is 76.8 Å². The molecule has 2 atom stereocenters. The third-order valence-electron chi connectivity index (χ3n) is 17.8. The van der Waals surface area contributed by atoms with Crippen LogP contribution in [0, 0.1) is 85.9 Å². The predicted molar refractivity (Wildman–Crippen MR) is 530 cm³/mol. The first kappa shape index (κ1) is 109. The van der Waals surface area contributed by atoms with Crippen LogP contribution in [-0.2, 0) is 28.7 Å². The number of aromatic nitrogens is 18. The van der Waals surface area contributed by atoms with Gasteiger partial charge in [-0.25, -0.2) is 32.9 Å². The lowest BCUT2D eigenvalue weighted by molar-refractivity contribution is -0.143. The van der Waals surface area contributed by atoms with Crippen molar-refractivity contribution in [2.45, 2.75) is 84.8 Å². The first-order valence-corrected chi connectivity index (χ1v) is 46.5. The molecule has 43 heteroatoms. The highest BCUT2D eigenvalue weighted by molar-refractivity contribution is 8.00. The fourth-order valence-corrected chi connectivity index (χ4v) is 14.1. The monoisotopic (exact) mass is 2010 g/mol. The third-order valence-corrected chi connectivity index (χ3v) is 21.8. The molecular weight excluding hydrogens is 1920 g/mol. The lowest BCUT2D eigenvalue weighted by Gasteiger charge is -2.25. The summed E-state index contributed by atoms with van der Waals surface area (Å²) in [4.78, 5) is 106. The van der Waals surface area contributed by atoms with E-state index in [0.29, 0.717) is 52.0 Å². The summed E-state index contributed by atoms with van der Waals surface area (Å²) in [6.45, 7) is 13.1. The second-order valence-electron chi connectivity index (χ2n) is 29.0. The van der Waals surface area contributed by atoms with Crippen molar-refractivity contribution >= 4 is 175 Å². The summed E-state index contributed by atoms with van der Waals surface area (Å²) < 4.78 is 51.5. The second-order valence-corrected chi connectivity index (χ2v) is 34.3. The van der Waals surface area contributed by atoms with Gasteiger partial charge in [0.2, 0.25) is 29.5 Å². The summed E-state index contributed by atoms with van der Waals surface area (Å²) in [5.41, 5.74) is 6.19. The number of terminal acetylenes is 6. The molecule has 31 nitrogen and oxygen atoms in total. The zero-order chi connectivity index (χ0) is 99.1. The van der Waals surface area contributed by atoms with Crippen LogP contribution >= 0.6 is 105 Å². The van der Waals surface area contributed by atoms with Crippen molar-refractivity contribution in [3.8, 4) is 108 Å². The summed E-state index contributed by atoms with van der Waals surface area (Å²) in [6, 6.07) is 21.6. The Hall–Kier alpha value is -13.3. The quantitative estimate of drug-likeness (QED) is 0.0393. The van der Waals surface area contributed by atoms with Crippen molar-refractivity contribution in [3.63, 3.8) is 0 Å². The number of halogens is 9. The van der Waals surface area contributed by atoms with Crippen LogP contribution in [0.2, 0.25) is 30.9 Å². The largest absolute Gasteiger partial charge is 0.443 e. The van der Waals surface area contributed by atoms with Crippen LogP contribution in [0.4, 0.5) is 52.1 Å². The van der Waals surface area contributed by atoms with Gasteiger partial charge in [-0.15, -0.1) is 38.5 Å². The summed E-state index contributed by atoms with van der Waals surface area (Å²) >= 11 is 41.6. The zero-order valence-electron chi connectivity index (χ0n) is 74.5. The Balaban J connectivity index is 0.000000221. The van der Waals surface area contributed by atoms with Crippen LogP contribution in [0.25, 0.3) is 34.1 Å². The fraction of sp³-hybridized carbons (Fsp3) is 0.283. The standard InChI is InChI=1S/C16H17ClN4O2.C16H17ClN4OS.C15H12ClF3N4O.2C15H15ClN4OS.C15H15ClN4O/c1-5-9-20(15(22)23-16(2,3)4)13-11-21(19-14(13)17)12-7-6-8-18-10-12;1-4-8-20(16(22)12(2)11-23-3)14-10-21(19-15(14)17)13-6-5-7-18-9-13;1-2-8-22(13(24)5-6-15(17,18)19)12-10-23(21-14(12)16)11-4-3-7-20-9-11;1-4-8-19(15(21)11(2)22-3)13-10-20(18-14(13)16)12-6-5-7-17-9-12;1-3-8-19(14(21)6-9-22-2)13-11-20(18-15(13)16)12-5-4-7-17-10-12;1-4-8-19(15(21)11(2)3)13-10-20(18-14(13)16)12-6-5-7-17-9-12/h1,6-8,10-11H,9H2,2-4H3;1,5-7,9-10,12H,8,11H2,2-3H3;1,3-4,7,9-10H,5-6,8H2;1,5-7,9-11H,8H2,2-3H3;1,4-5,7,10-11H,6,8-9H2,2H3;1,5-7,9-11H,8H2,2-3H3. The molecule has 0 aliphatic heterocycles. The summed E-state index contributed by atoms with van der Waals surface area (Å²) in [7, 11) is 0. The highest BCUT2D eigenvalue weighted by Gasteiger charge is 2.33. The van der Waals surface area contributed by atoms with E-state index in [1.54, 1.807) is 205 Å². The van der Waals surface area contributed by atoms with Crippen LogP contribution in [0.15, 0.2) is 184 Å². The van der Waals surface area contributed by atoms with Gasteiger partial charge in [-0.2, -0.15) is 79.0 Å². The lowest BCUT2D eigenvalue weighted by atomic mass is 10.2. The van der Waals surface area contributed by atoms with Crippen molar-refractivity contribution in [3.05, 3.63) is 215 Å². The molecule has 135 heavy (non-hydrogen) atoms. The number of anilines is 6. The number of hydrogen-bond acceptors (Lipinski definition) is 22. The number of pyridine rings is 6. The molecule has 0 radical (unpaired) electrons. The minimum Gasteiger partial charge on any atom is -0.443 e. The Labute approximate surface area is 822 Å². The summed E-state index contributed by atoms with van der Waals surface area (Å²) in [6.07, 6.45) is 60.8. The molecule has 0 saturated carbocycles. The first-order valence-electron chi connectivity index (χ1n) is 40.2. The van der Waals surface area contributed by atoms with Gasteiger partial charge in [0, 0.05) is 73.4 Å². The minimum atomic E-state index is -4.43. The van der Waals surface area contributed by atoms with Crippen LogP contribution in [-0.4, -0.2) is 211 Å². The SMILES string of the molecule is C#CCN(C(=O)C(C)C)c1cn(-c2cccnc2)nc1Cl.C#CCN(C(=O)C(C)CSC)c1cn(-c2cccnc2)nc1Cl.C#CCN(C(=O)C(C)SC)c1cn(-c2cccnc2)nc1Cl.C#CCN(C(=O)CCC(F)(F)F)c1cn(-c2cccnc2)nc1Cl.C#CCN(C(=O)CCSC)c1cn(-c2cccnc2)nc1Cl.C#CCN(C(=O)OC(C)(C)C)c1cn(-c2cccnc2)nc1Cl. The molecule has 12 heterocycles. The van der Waals surface area contributed by atoms with Crippen molar-refractivity contribution in [2.24, 2.45) is 11.8 Å². The molecule has 0 fully saturated rings.